The van der Waals surface area contributed by atoms with Crippen molar-refractivity contribution < 1.29 is 9.26 Å². The van der Waals surface area contributed by atoms with Crippen molar-refractivity contribution in [3.63, 3.8) is 0 Å². The number of hydrogen-bond acceptors (Lipinski definition) is 5. The van der Waals surface area contributed by atoms with Crippen LogP contribution in [0, 0.1) is 0 Å². The Morgan fingerprint density at radius 2 is 2.06 bits per heavy atom. The van der Waals surface area contributed by atoms with Gasteiger partial charge < -0.3 is 15.0 Å². The molecule has 18 heavy (non-hydrogen) atoms. The molecule has 0 saturated heterocycles. The maximum absolute atomic E-state index is 6.38. The molecule has 1 aromatic heterocycles. The highest BCUT2D eigenvalue weighted by molar-refractivity contribution is 5.07. The highest BCUT2D eigenvalue weighted by Crippen LogP contribution is 2.35. The molecule has 1 heterocycles. The van der Waals surface area contributed by atoms with E-state index in [0.717, 1.165) is 32.1 Å². The highest BCUT2D eigenvalue weighted by Gasteiger charge is 2.38. The minimum Gasteiger partial charge on any atom is -0.370 e. The smallest absolute Gasteiger partial charge is 0.246 e. The van der Waals surface area contributed by atoms with Crippen molar-refractivity contribution in [2.45, 2.75) is 63.5 Å². The summed E-state index contributed by atoms with van der Waals surface area (Å²) in [7, 11) is 1.67. The molecule has 0 aromatic carbocycles. The fourth-order valence-corrected chi connectivity index (χ4v) is 2.43. The second-order valence-electron chi connectivity index (χ2n) is 5.43. The zero-order valence-electron chi connectivity index (χ0n) is 11.5. The van der Waals surface area contributed by atoms with Crippen LogP contribution in [0.1, 0.15) is 64.1 Å². The van der Waals surface area contributed by atoms with Crippen molar-refractivity contribution in [2.75, 3.05) is 7.11 Å². The third kappa shape index (κ3) is 2.29. The average Bonchev–Trinajstić information content (AvgIpc) is 2.89. The summed E-state index contributed by atoms with van der Waals surface area (Å²) in [5.41, 5.74) is 5.45. The van der Waals surface area contributed by atoms with Crippen LogP contribution in [-0.2, 0) is 15.9 Å². The maximum Gasteiger partial charge on any atom is 0.246 e. The van der Waals surface area contributed by atoms with Gasteiger partial charge in [0.2, 0.25) is 11.7 Å². The van der Waals surface area contributed by atoms with E-state index in [0.29, 0.717) is 11.7 Å². The quantitative estimate of drug-likeness (QED) is 0.892. The SMILES string of the molecule is CCC(C)(OC)c1noc(C2(N)CCCCC2)n1. The van der Waals surface area contributed by atoms with Gasteiger partial charge in [-0.15, -0.1) is 0 Å². The number of nitrogens with zero attached hydrogens (tertiary/aromatic N) is 2. The Bertz CT molecular complexity index is 393. The minimum atomic E-state index is -0.493. The molecule has 0 amide bonds. The van der Waals surface area contributed by atoms with E-state index in [4.69, 9.17) is 15.0 Å². The molecule has 0 bridgehead atoms. The molecular formula is C13H23N3O2. The predicted octanol–water partition coefficient (Wildman–Crippen LogP) is 2.46. The standard InChI is InChI=1S/C13H23N3O2/c1-4-12(2,17-3)10-15-11(18-16-10)13(14)8-6-5-7-9-13/h4-9,14H2,1-3H3. The van der Waals surface area contributed by atoms with Crippen molar-refractivity contribution in [2.24, 2.45) is 5.73 Å². The van der Waals surface area contributed by atoms with Gasteiger partial charge in [-0.3, -0.25) is 0 Å². The van der Waals surface area contributed by atoms with E-state index < -0.39 is 11.1 Å². The van der Waals surface area contributed by atoms with Crippen LogP contribution >= 0.6 is 0 Å². The minimum absolute atomic E-state index is 0.439. The number of hydrogen-bond donors (Lipinski definition) is 1. The van der Waals surface area contributed by atoms with Gasteiger partial charge in [-0.25, -0.2) is 0 Å². The Labute approximate surface area is 108 Å². The fourth-order valence-electron chi connectivity index (χ4n) is 2.43. The number of ether oxygens (including phenoxy) is 1. The third-order valence-electron chi connectivity index (χ3n) is 4.20. The van der Waals surface area contributed by atoms with Crippen molar-refractivity contribution >= 4 is 0 Å². The van der Waals surface area contributed by atoms with Gasteiger partial charge in [0.05, 0.1) is 5.54 Å². The lowest BCUT2D eigenvalue weighted by atomic mass is 9.82. The molecule has 2 N–H and O–H groups in total. The van der Waals surface area contributed by atoms with Gasteiger partial charge in [0, 0.05) is 7.11 Å². The van der Waals surface area contributed by atoms with Crippen LogP contribution in [0.4, 0.5) is 0 Å². The summed E-state index contributed by atoms with van der Waals surface area (Å²) in [6, 6.07) is 0. The van der Waals surface area contributed by atoms with Gasteiger partial charge in [-0.05, 0) is 26.2 Å². The summed E-state index contributed by atoms with van der Waals surface area (Å²) >= 11 is 0. The van der Waals surface area contributed by atoms with Crippen LogP contribution in [0.3, 0.4) is 0 Å². The van der Waals surface area contributed by atoms with E-state index in [1.54, 1.807) is 7.11 Å². The van der Waals surface area contributed by atoms with Crippen molar-refractivity contribution in [3.05, 3.63) is 11.7 Å². The van der Waals surface area contributed by atoms with E-state index in [1.165, 1.54) is 6.42 Å². The molecule has 0 spiro atoms. The predicted molar refractivity (Wildman–Crippen MR) is 67.9 cm³/mol. The van der Waals surface area contributed by atoms with Gasteiger partial charge in [-0.2, -0.15) is 4.98 Å². The first-order valence-corrected chi connectivity index (χ1v) is 6.73. The average molecular weight is 253 g/mol. The lowest BCUT2D eigenvalue weighted by molar-refractivity contribution is -0.0106. The fraction of sp³-hybridized carbons (Fsp3) is 0.846. The molecule has 2 rings (SSSR count). The van der Waals surface area contributed by atoms with Crippen LogP contribution in [0.2, 0.25) is 0 Å². The lowest BCUT2D eigenvalue weighted by Crippen LogP contribution is -2.39. The summed E-state index contributed by atoms with van der Waals surface area (Å²) in [6.07, 6.45) is 6.13. The second kappa shape index (κ2) is 4.97. The zero-order chi connectivity index (χ0) is 13.2. The topological polar surface area (TPSA) is 74.2 Å². The molecule has 1 aromatic rings. The van der Waals surface area contributed by atoms with E-state index in [2.05, 4.69) is 10.1 Å². The van der Waals surface area contributed by atoms with Gasteiger partial charge in [0.25, 0.3) is 0 Å². The molecule has 1 unspecified atom stereocenters. The molecule has 0 radical (unpaired) electrons. The van der Waals surface area contributed by atoms with E-state index in [9.17, 15) is 0 Å². The zero-order valence-corrected chi connectivity index (χ0v) is 11.5. The summed E-state index contributed by atoms with van der Waals surface area (Å²) < 4.78 is 10.9. The highest BCUT2D eigenvalue weighted by atomic mass is 16.5. The molecule has 1 fully saturated rings. The lowest BCUT2D eigenvalue weighted by Gasteiger charge is -2.29. The summed E-state index contributed by atoms with van der Waals surface area (Å²) in [6.45, 7) is 4.00. The van der Waals surface area contributed by atoms with Crippen LogP contribution < -0.4 is 5.73 Å². The number of nitrogens with two attached hydrogens (primary N) is 1. The van der Waals surface area contributed by atoms with Gasteiger partial charge in [0.15, 0.2) is 0 Å². The largest absolute Gasteiger partial charge is 0.370 e. The molecule has 102 valence electrons. The second-order valence-corrected chi connectivity index (χ2v) is 5.43. The molecule has 1 aliphatic rings. The summed E-state index contributed by atoms with van der Waals surface area (Å²) in [5.74, 6) is 1.16. The summed E-state index contributed by atoms with van der Waals surface area (Å²) in [5, 5.41) is 4.06. The Morgan fingerprint density at radius 1 is 1.39 bits per heavy atom. The first kappa shape index (κ1) is 13.5. The van der Waals surface area contributed by atoms with E-state index in [-0.39, 0.29) is 0 Å². The summed E-state index contributed by atoms with van der Waals surface area (Å²) in [4.78, 5) is 4.49. The van der Waals surface area contributed by atoms with Gasteiger partial charge in [0.1, 0.15) is 5.60 Å². The Morgan fingerprint density at radius 3 is 2.61 bits per heavy atom. The molecule has 1 saturated carbocycles. The van der Waals surface area contributed by atoms with Gasteiger partial charge in [-0.1, -0.05) is 31.3 Å². The van der Waals surface area contributed by atoms with Crippen LogP contribution in [0.25, 0.3) is 0 Å². The first-order chi connectivity index (χ1) is 8.54. The van der Waals surface area contributed by atoms with E-state index >= 15 is 0 Å². The van der Waals surface area contributed by atoms with Gasteiger partial charge >= 0.3 is 0 Å². The first-order valence-electron chi connectivity index (χ1n) is 6.73. The Hall–Kier alpha value is -0.940. The van der Waals surface area contributed by atoms with Crippen LogP contribution in [0.15, 0.2) is 4.52 Å². The van der Waals surface area contributed by atoms with Crippen LogP contribution in [-0.4, -0.2) is 17.3 Å². The van der Waals surface area contributed by atoms with Crippen molar-refractivity contribution in [3.8, 4) is 0 Å². The molecule has 1 aliphatic carbocycles. The van der Waals surface area contributed by atoms with Crippen molar-refractivity contribution in [1.29, 1.82) is 0 Å². The molecule has 0 aliphatic heterocycles. The third-order valence-corrected chi connectivity index (χ3v) is 4.20. The van der Waals surface area contributed by atoms with Crippen molar-refractivity contribution in [1.82, 2.24) is 10.1 Å². The Balaban J connectivity index is 2.24. The number of aromatic nitrogens is 2. The maximum atomic E-state index is 6.38. The number of rotatable bonds is 4. The molecular weight excluding hydrogens is 230 g/mol. The molecule has 5 nitrogen and oxygen atoms in total. The number of methoxy groups -OCH3 is 1. The molecule has 1 atom stereocenters. The monoisotopic (exact) mass is 253 g/mol. The Kier molecular flexibility index (Phi) is 3.73. The van der Waals surface area contributed by atoms with E-state index in [1.807, 2.05) is 13.8 Å². The normalized spacial score (nSPS) is 22.7. The van der Waals surface area contributed by atoms with Crippen LogP contribution in [0.5, 0.6) is 0 Å². The molecule has 5 heteroatoms.